The van der Waals surface area contributed by atoms with Crippen molar-refractivity contribution < 1.29 is 27.5 Å². The zero-order valence-electron chi connectivity index (χ0n) is 22.4. The lowest BCUT2D eigenvalue weighted by molar-refractivity contribution is -0.140. The Kier molecular flexibility index (Phi) is 11.1. The molecule has 12 heteroatoms. The number of carbonyl (C=O) groups is 2. The van der Waals surface area contributed by atoms with Gasteiger partial charge in [0.15, 0.2) is 11.5 Å². The van der Waals surface area contributed by atoms with Gasteiger partial charge in [0, 0.05) is 47.7 Å². The second-order valence-electron chi connectivity index (χ2n) is 9.31. The first-order valence-corrected chi connectivity index (χ1v) is 15.5. The van der Waals surface area contributed by atoms with Crippen LogP contribution in [0.4, 0.5) is 5.69 Å². The van der Waals surface area contributed by atoms with Crippen LogP contribution in [0.15, 0.2) is 36.4 Å². The van der Waals surface area contributed by atoms with Crippen LogP contribution < -0.4 is 19.1 Å². The van der Waals surface area contributed by atoms with Crippen molar-refractivity contribution in [2.24, 2.45) is 0 Å². The molecule has 2 aromatic carbocycles. The second-order valence-corrected chi connectivity index (χ2v) is 12.0. The maximum atomic E-state index is 13.5. The molecule has 1 aliphatic heterocycles. The summed E-state index contributed by atoms with van der Waals surface area (Å²) < 4.78 is 37.6. The highest BCUT2D eigenvalue weighted by Crippen LogP contribution is 2.35. The van der Waals surface area contributed by atoms with Gasteiger partial charge in [-0.05, 0) is 44.0 Å². The average Bonchev–Trinajstić information content (AvgIpc) is 2.89. The lowest BCUT2D eigenvalue weighted by Crippen LogP contribution is -2.48. The van der Waals surface area contributed by atoms with Crippen molar-refractivity contribution in [3.63, 3.8) is 0 Å². The number of halogens is 2. The molecule has 1 heterocycles. The van der Waals surface area contributed by atoms with E-state index in [4.69, 9.17) is 32.7 Å². The van der Waals surface area contributed by atoms with Crippen LogP contribution >= 0.6 is 23.2 Å². The first-order valence-electron chi connectivity index (χ1n) is 12.9. The van der Waals surface area contributed by atoms with Crippen molar-refractivity contribution >= 4 is 50.7 Å². The van der Waals surface area contributed by atoms with Crippen LogP contribution in [0.2, 0.25) is 10.0 Å². The van der Waals surface area contributed by atoms with E-state index in [1.165, 1.54) is 9.21 Å². The molecule has 0 radical (unpaired) electrons. The van der Waals surface area contributed by atoms with Crippen molar-refractivity contribution in [1.29, 1.82) is 0 Å². The molecule has 0 bridgehead atoms. The van der Waals surface area contributed by atoms with Gasteiger partial charge in [-0.1, -0.05) is 42.6 Å². The Balaban J connectivity index is 1.75. The Labute approximate surface area is 240 Å². The number of anilines is 1. The third kappa shape index (κ3) is 8.40. The Morgan fingerprint density at radius 1 is 1.05 bits per heavy atom. The number of rotatable bonds is 13. The molecule has 0 aliphatic carbocycles. The van der Waals surface area contributed by atoms with Gasteiger partial charge < -0.3 is 19.7 Å². The Morgan fingerprint density at radius 3 is 2.36 bits per heavy atom. The summed E-state index contributed by atoms with van der Waals surface area (Å²) in [4.78, 5) is 27.8. The predicted molar refractivity (Wildman–Crippen MR) is 153 cm³/mol. The van der Waals surface area contributed by atoms with Crippen LogP contribution in [0.3, 0.4) is 0 Å². The molecule has 1 aliphatic rings. The first kappa shape index (κ1) is 30.8. The number of nitrogens with one attached hydrogen (secondary N) is 1. The van der Waals surface area contributed by atoms with E-state index in [0.717, 1.165) is 19.1 Å². The molecular formula is C27H35Cl2N3O6S. The van der Waals surface area contributed by atoms with Gasteiger partial charge in [-0.25, -0.2) is 8.42 Å². The SMILES string of the molecule is CCCCNC(=O)[C@@H](C)N(Cc1c(Cl)cccc1Cl)C(=O)CCCN(c1ccc2c(c1)OCCO2)S(C)(=O)=O. The van der Waals surface area contributed by atoms with E-state index < -0.39 is 16.1 Å². The van der Waals surface area contributed by atoms with Crippen LogP contribution in [-0.4, -0.2) is 63.7 Å². The van der Waals surface area contributed by atoms with E-state index in [2.05, 4.69) is 5.32 Å². The summed E-state index contributed by atoms with van der Waals surface area (Å²) in [6.45, 7) is 5.08. The molecule has 0 saturated heterocycles. The minimum atomic E-state index is -3.65. The molecule has 3 rings (SSSR count). The number of carbonyl (C=O) groups excluding carboxylic acids is 2. The van der Waals surface area contributed by atoms with E-state index in [9.17, 15) is 18.0 Å². The van der Waals surface area contributed by atoms with Crippen molar-refractivity contribution in [2.45, 2.75) is 52.1 Å². The average molecular weight is 601 g/mol. The highest BCUT2D eigenvalue weighted by Gasteiger charge is 2.28. The van der Waals surface area contributed by atoms with Gasteiger partial charge in [-0.3, -0.25) is 13.9 Å². The van der Waals surface area contributed by atoms with E-state index >= 15 is 0 Å². The predicted octanol–water partition coefficient (Wildman–Crippen LogP) is 4.64. The number of fused-ring (bicyclic) bond motifs is 1. The molecule has 0 spiro atoms. The number of sulfonamides is 1. The quantitative estimate of drug-likeness (QED) is 0.336. The highest BCUT2D eigenvalue weighted by molar-refractivity contribution is 7.92. The number of ether oxygens (including phenoxy) is 2. The van der Waals surface area contributed by atoms with Crippen molar-refractivity contribution in [3.05, 3.63) is 52.0 Å². The Morgan fingerprint density at radius 2 is 1.72 bits per heavy atom. The van der Waals surface area contributed by atoms with E-state index in [1.807, 2.05) is 6.92 Å². The van der Waals surface area contributed by atoms with Gasteiger partial charge in [0.25, 0.3) is 0 Å². The smallest absolute Gasteiger partial charge is 0.242 e. The minimum Gasteiger partial charge on any atom is -0.486 e. The number of unbranched alkanes of at least 4 members (excludes halogenated alkanes) is 1. The molecule has 1 atom stereocenters. The van der Waals surface area contributed by atoms with Crippen molar-refractivity contribution in [1.82, 2.24) is 10.2 Å². The van der Waals surface area contributed by atoms with Crippen molar-refractivity contribution in [2.75, 3.05) is 36.9 Å². The fourth-order valence-electron chi connectivity index (χ4n) is 4.16. The van der Waals surface area contributed by atoms with Gasteiger partial charge >= 0.3 is 0 Å². The third-order valence-electron chi connectivity index (χ3n) is 6.35. The van der Waals surface area contributed by atoms with E-state index in [-0.39, 0.29) is 37.7 Å². The van der Waals surface area contributed by atoms with Gasteiger partial charge in [-0.15, -0.1) is 0 Å². The number of hydrogen-bond acceptors (Lipinski definition) is 6. The fourth-order valence-corrected chi connectivity index (χ4v) is 5.64. The molecule has 0 unspecified atom stereocenters. The summed E-state index contributed by atoms with van der Waals surface area (Å²) >= 11 is 12.7. The van der Waals surface area contributed by atoms with Crippen LogP contribution in [0, 0.1) is 0 Å². The molecule has 0 fully saturated rings. The van der Waals surface area contributed by atoms with Gasteiger partial charge in [0.2, 0.25) is 21.8 Å². The summed E-state index contributed by atoms with van der Waals surface area (Å²) in [6, 6.07) is 9.20. The standard InChI is InChI=1S/C27H35Cl2N3O6S/c1-4-5-13-30-27(34)19(2)31(18-21-22(28)8-6-9-23(21)29)26(33)10-7-14-32(39(3,35)36)20-11-12-24-25(17-20)38-16-15-37-24/h6,8-9,11-12,17,19H,4-5,7,10,13-16,18H2,1-3H3,(H,30,34)/t19-/m1/s1. The van der Waals surface area contributed by atoms with Gasteiger partial charge in [0.1, 0.15) is 19.3 Å². The first-order chi connectivity index (χ1) is 18.5. The molecule has 0 saturated carbocycles. The lowest BCUT2D eigenvalue weighted by Gasteiger charge is -2.30. The Hall–Kier alpha value is -2.69. The maximum absolute atomic E-state index is 13.5. The maximum Gasteiger partial charge on any atom is 0.242 e. The topological polar surface area (TPSA) is 105 Å². The molecule has 1 N–H and O–H groups in total. The molecule has 2 amide bonds. The fraction of sp³-hybridized carbons (Fsp3) is 0.481. The molecule has 214 valence electrons. The zero-order chi connectivity index (χ0) is 28.6. The molecule has 2 aromatic rings. The number of benzene rings is 2. The largest absolute Gasteiger partial charge is 0.486 e. The van der Waals surface area contributed by atoms with Gasteiger partial charge in [-0.2, -0.15) is 0 Å². The molecule has 9 nitrogen and oxygen atoms in total. The summed E-state index contributed by atoms with van der Waals surface area (Å²) in [6.07, 6.45) is 3.08. The normalized spacial score (nSPS) is 13.5. The molecule has 0 aromatic heterocycles. The monoisotopic (exact) mass is 599 g/mol. The Bertz CT molecular complexity index is 1250. The summed E-state index contributed by atoms with van der Waals surface area (Å²) in [5.74, 6) is 0.414. The summed E-state index contributed by atoms with van der Waals surface area (Å²) in [7, 11) is -3.65. The number of amides is 2. The minimum absolute atomic E-state index is 0.00518. The number of nitrogens with zero attached hydrogens (tertiary/aromatic N) is 2. The molecule has 39 heavy (non-hydrogen) atoms. The second kappa shape index (κ2) is 14.1. The van der Waals surface area contributed by atoms with Crippen LogP contribution in [0.25, 0.3) is 0 Å². The zero-order valence-corrected chi connectivity index (χ0v) is 24.7. The summed E-state index contributed by atoms with van der Waals surface area (Å²) in [5.41, 5.74) is 0.953. The van der Waals surface area contributed by atoms with E-state index in [0.29, 0.717) is 52.6 Å². The van der Waals surface area contributed by atoms with Crippen LogP contribution in [0.5, 0.6) is 11.5 Å². The lowest BCUT2D eigenvalue weighted by atomic mass is 10.1. The van der Waals surface area contributed by atoms with Crippen molar-refractivity contribution in [3.8, 4) is 11.5 Å². The summed E-state index contributed by atoms with van der Waals surface area (Å²) in [5, 5.41) is 3.65. The number of hydrogen-bond donors (Lipinski definition) is 1. The third-order valence-corrected chi connectivity index (χ3v) is 8.26. The van der Waals surface area contributed by atoms with Crippen LogP contribution in [-0.2, 0) is 26.2 Å². The van der Waals surface area contributed by atoms with Crippen LogP contribution in [0.1, 0.15) is 45.1 Å². The highest BCUT2D eigenvalue weighted by atomic mass is 35.5. The van der Waals surface area contributed by atoms with Gasteiger partial charge in [0.05, 0.1) is 11.9 Å². The van der Waals surface area contributed by atoms with E-state index in [1.54, 1.807) is 43.3 Å². The molecular weight excluding hydrogens is 565 g/mol.